The minimum absolute atomic E-state index is 0.149. The molecule has 0 saturated carbocycles. The molecule has 0 aliphatic rings. The number of carbonyl (C=O) groups is 2. The van der Waals surface area contributed by atoms with Crippen molar-refractivity contribution >= 4 is 17.4 Å². The van der Waals surface area contributed by atoms with E-state index in [1.54, 1.807) is 19.1 Å². The van der Waals surface area contributed by atoms with Gasteiger partial charge in [-0.15, -0.1) is 0 Å². The first-order valence-corrected chi connectivity index (χ1v) is 10.3. The zero-order valence-electron chi connectivity index (χ0n) is 17.5. The fourth-order valence-corrected chi connectivity index (χ4v) is 3.24. The molecule has 1 unspecified atom stereocenters. The first kappa shape index (κ1) is 22.6. The minimum atomic E-state index is -0.971. The van der Waals surface area contributed by atoms with Crippen LogP contribution < -0.4 is 5.32 Å². The second kappa shape index (κ2) is 11.4. The summed E-state index contributed by atoms with van der Waals surface area (Å²) in [6, 6.07) is 12.6. The third kappa shape index (κ3) is 6.71. The van der Waals surface area contributed by atoms with Crippen LogP contribution in [0.15, 0.2) is 42.5 Å². The smallest absolute Gasteiger partial charge is 0.335 e. The molecular weight excluding hydrogens is 366 g/mol. The number of carboxylic acids is 1. The van der Waals surface area contributed by atoms with Crippen molar-refractivity contribution in [1.82, 2.24) is 0 Å². The summed E-state index contributed by atoms with van der Waals surface area (Å²) in [5.74, 6) is -1.12. The second-order valence-electron chi connectivity index (χ2n) is 7.19. The fraction of sp³-hybridized carbons (Fsp3) is 0.417. The van der Waals surface area contributed by atoms with Crippen molar-refractivity contribution in [3.63, 3.8) is 0 Å². The van der Waals surface area contributed by atoms with Gasteiger partial charge in [-0.2, -0.15) is 0 Å². The number of aromatic carboxylic acids is 1. The number of hydrogen-bond donors (Lipinski definition) is 2. The van der Waals surface area contributed by atoms with E-state index in [9.17, 15) is 9.59 Å². The van der Waals surface area contributed by atoms with Gasteiger partial charge in [0.1, 0.15) is 0 Å². The molecule has 0 bridgehead atoms. The van der Waals surface area contributed by atoms with E-state index in [1.165, 1.54) is 30.9 Å². The molecule has 0 aliphatic carbocycles. The summed E-state index contributed by atoms with van der Waals surface area (Å²) in [6.07, 6.45) is 5.06. The number of anilines is 1. The highest BCUT2D eigenvalue weighted by atomic mass is 16.5. The molecule has 0 heterocycles. The highest BCUT2D eigenvalue weighted by molar-refractivity contribution is 6.00. The average Bonchev–Trinajstić information content (AvgIpc) is 2.70. The Morgan fingerprint density at radius 2 is 1.76 bits per heavy atom. The number of carbonyl (C=O) groups excluding carboxylic acids is 1. The first-order valence-electron chi connectivity index (χ1n) is 10.3. The number of unbranched alkanes of at least 4 members (excludes halogenated alkanes) is 3. The van der Waals surface area contributed by atoms with E-state index in [0.29, 0.717) is 23.4 Å². The largest absolute Gasteiger partial charge is 0.478 e. The Kier molecular flexibility index (Phi) is 8.87. The van der Waals surface area contributed by atoms with Crippen LogP contribution in [-0.2, 0) is 11.2 Å². The summed E-state index contributed by atoms with van der Waals surface area (Å²) in [6.45, 7) is 6.14. The van der Waals surface area contributed by atoms with Gasteiger partial charge in [0.25, 0.3) is 0 Å². The molecule has 156 valence electrons. The van der Waals surface area contributed by atoms with E-state index in [0.717, 1.165) is 12.8 Å². The van der Waals surface area contributed by atoms with Gasteiger partial charge in [0.05, 0.1) is 5.56 Å². The van der Waals surface area contributed by atoms with Crippen molar-refractivity contribution < 1.29 is 19.4 Å². The number of benzene rings is 2. The molecule has 5 heteroatoms. The highest BCUT2D eigenvalue weighted by Gasteiger charge is 2.21. The first-order chi connectivity index (χ1) is 14.0. The Morgan fingerprint density at radius 3 is 2.34 bits per heavy atom. The quantitative estimate of drug-likeness (QED) is 0.282. The van der Waals surface area contributed by atoms with Crippen LogP contribution in [0.5, 0.6) is 0 Å². The summed E-state index contributed by atoms with van der Waals surface area (Å²) in [7, 11) is 0. The Labute approximate surface area is 173 Å². The third-order valence-corrected chi connectivity index (χ3v) is 4.88. The van der Waals surface area contributed by atoms with Crippen LogP contribution >= 0.6 is 0 Å². The molecule has 0 amide bonds. The molecule has 0 saturated heterocycles. The molecule has 2 aromatic rings. The predicted molar refractivity (Wildman–Crippen MR) is 116 cm³/mol. The molecular formula is C24H31NO4. The standard InChI is InChI=1S/C24H31NO4/c1-4-6-7-8-9-18-10-12-19(13-11-18)22(26)23(29-5-2)25-20-14-15-21(24(27)28)17(3)16-20/h10-16,23,25H,4-9H2,1-3H3,(H,27,28). The molecule has 29 heavy (non-hydrogen) atoms. The van der Waals surface area contributed by atoms with Gasteiger partial charge in [-0.05, 0) is 56.0 Å². The van der Waals surface area contributed by atoms with Gasteiger partial charge in [-0.1, -0.05) is 50.5 Å². The van der Waals surface area contributed by atoms with Gasteiger partial charge < -0.3 is 15.2 Å². The summed E-state index contributed by atoms with van der Waals surface area (Å²) < 4.78 is 5.62. The van der Waals surface area contributed by atoms with Crippen molar-refractivity contribution in [2.45, 2.75) is 59.1 Å². The molecule has 2 N–H and O–H groups in total. The number of ketones is 1. The lowest BCUT2D eigenvalue weighted by atomic mass is 10.0. The topological polar surface area (TPSA) is 75.6 Å². The van der Waals surface area contributed by atoms with E-state index >= 15 is 0 Å². The lowest BCUT2D eigenvalue weighted by Crippen LogP contribution is -2.32. The molecule has 0 spiro atoms. The molecule has 0 aromatic heterocycles. The van der Waals surface area contributed by atoms with Gasteiger partial charge in [0, 0.05) is 17.9 Å². The van der Waals surface area contributed by atoms with Gasteiger partial charge in [-0.25, -0.2) is 4.79 Å². The number of ether oxygens (including phenoxy) is 1. The highest BCUT2D eigenvalue weighted by Crippen LogP contribution is 2.18. The van der Waals surface area contributed by atoms with Crippen molar-refractivity contribution in [2.24, 2.45) is 0 Å². The van der Waals surface area contributed by atoms with Crippen molar-refractivity contribution in [3.8, 4) is 0 Å². The van der Waals surface area contributed by atoms with Crippen LogP contribution in [0.4, 0.5) is 5.69 Å². The lowest BCUT2D eigenvalue weighted by molar-refractivity contribution is 0.0549. The number of nitrogens with one attached hydrogen (secondary N) is 1. The summed E-state index contributed by atoms with van der Waals surface area (Å²) >= 11 is 0. The maximum absolute atomic E-state index is 12.9. The minimum Gasteiger partial charge on any atom is -0.478 e. The maximum atomic E-state index is 12.9. The molecule has 0 fully saturated rings. The Morgan fingerprint density at radius 1 is 1.03 bits per heavy atom. The SMILES string of the molecule is CCCCCCc1ccc(C(=O)C(Nc2ccc(C(=O)O)c(C)c2)OCC)cc1. The fourth-order valence-electron chi connectivity index (χ4n) is 3.24. The maximum Gasteiger partial charge on any atom is 0.335 e. The van der Waals surface area contributed by atoms with Crippen molar-refractivity contribution in [3.05, 3.63) is 64.7 Å². The van der Waals surface area contributed by atoms with E-state index in [4.69, 9.17) is 9.84 Å². The van der Waals surface area contributed by atoms with E-state index in [-0.39, 0.29) is 11.3 Å². The average molecular weight is 398 g/mol. The molecule has 5 nitrogen and oxygen atoms in total. The zero-order chi connectivity index (χ0) is 21.2. The van der Waals surface area contributed by atoms with E-state index in [2.05, 4.69) is 12.2 Å². The third-order valence-electron chi connectivity index (χ3n) is 4.88. The monoisotopic (exact) mass is 397 g/mol. The van der Waals surface area contributed by atoms with Gasteiger partial charge in [0.15, 0.2) is 6.23 Å². The van der Waals surface area contributed by atoms with Crippen LogP contribution in [0.3, 0.4) is 0 Å². The Balaban J connectivity index is 2.07. The van der Waals surface area contributed by atoms with Crippen molar-refractivity contribution in [1.29, 1.82) is 0 Å². The van der Waals surface area contributed by atoms with E-state index in [1.807, 2.05) is 31.2 Å². The number of aryl methyl sites for hydroxylation is 2. The van der Waals surface area contributed by atoms with Crippen LogP contribution in [0.1, 0.15) is 71.4 Å². The summed E-state index contributed by atoms with van der Waals surface area (Å²) in [5.41, 5.74) is 3.33. The lowest BCUT2D eigenvalue weighted by Gasteiger charge is -2.19. The second-order valence-corrected chi connectivity index (χ2v) is 7.19. The normalized spacial score (nSPS) is 11.8. The predicted octanol–water partition coefficient (Wildman–Crippen LogP) is 5.47. The van der Waals surface area contributed by atoms with E-state index < -0.39 is 12.2 Å². The molecule has 0 aliphatic heterocycles. The summed E-state index contributed by atoms with van der Waals surface area (Å²) in [5, 5.41) is 12.2. The number of Topliss-reactive ketones (excluding diaryl/α,β-unsaturated/α-hetero) is 1. The van der Waals surface area contributed by atoms with Crippen LogP contribution in [0.2, 0.25) is 0 Å². The summed E-state index contributed by atoms with van der Waals surface area (Å²) in [4.78, 5) is 24.1. The van der Waals surface area contributed by atoms with Gasteiger partial charge >= 0.3 is 5.97 Å². The van der Waals surface area contributed by atoms with Crippen molar-refractivity contribution in [2.75, 3.05) is 11.9 Å². The number of hydrogen-bond acceptors (Lipinski definition) is 4. The molecule has 2 rings (SSSR count). The Hall–Kier alpha value is -2.66. The van der Waals surface area contributed by atoms with Crippen LogP contribution in [0.25, 0.3) is 0 Å². The van der Waals surface area contributed by atoms with Gasteiger partial charge in [-0.3, -0.25) is 4.79 Å². The Bertz CT molecular complexity index is 814. The number of rotatable bonds is 12. The van der Waals surface area contributed by atoms with Crippen LogP contribution in [-0.4, -0.2) is 29.7 Å². The zero-order valence-corrected chi connectivity index (χ0v) is 17.5. The molecule has 2 aromatic carbocycles. The number of carboxylic acid groups (broad SMARTS) is 1. The molecule has 1 atom stereocenters. The van der Waals surface area contributed by atoms with Gasteiger partial charge in [0.2, 0.25) is 5.78 Å². The van der Waals surface area contributed by atoms with Crippen LogP contribution in [0, 0.1) is 6.92 Å². The molecule has 0 radical (unpaired) electrons.